The van der Waals surface area contributed by atoms with E-state index in [1.807, 2.05) is 0 Å². The van der Waals surface area contributed by atoms with Crippen molar-refractivity contribution < 1.29 is 14.3 Å². The first-order valence-electron chi connectivity index (χ1n) is 6.81. The second kappa shape index (κ2) is 6.53. The number of amides is 2. The number of anilines is 1. The third-order valence-electron chi connectivity index (χ3n) is 3.37. The number of methoxy groups -OCH3 is 1. The summed E-state index contributed by atoms with van der Waals surface area (Å²) in [7, 11) is 2.94. The molecule has 2 amide bonds. The van der Waals surface area contributed by atoms with E-state index < -0.39 is 5.91 Å². The van der Waals surface area contributed by atoms with Crippen molar-refractivity contribution in [3.63, 3.8) is 0 Å². The molecule has 0 unspecified atom stereocenters. The van der Waals surface area contributed by atoms with Crippen LogP contribution in [0.25, 0.3) is 0 Å². The Labute approximate surface area is 122 Å². The second-order valence-electron chi connectivity index (χ2n) is 5.04. The van der Waals surface area contributed by atoms with Gasteiger partial charge in [0.25, 0.3) is 11.5 Å². The summed E-state index contributed by atoms with van der Waals surface area (Å²) in [5.74, 6) is -0.550. The fourth-order valence-corrected chi connectivity index (χ4v) is 2.34. The van der Waals surface area contributed by atoms with Gasteiger partial charge in [-0.2, -0.15) is 0 Å². The van der Waals surface area contributed by atoms with Crippen molar-refractivity contribution in [1.29, 1.82) is 0 Å². The van der Waals surface area contributed by atoms with Gasteiger partial charge in [0.2, 0.25) is 5.91 Å². The Kier molecular flexibility index (Phi) is 4.74. The first kappa shape index (κ1) is 15.2. The maximum absolute atomic E-state index is 12.3. The van der Waals surface area contributed by atoms with Crippen LogP contribution >= 0.6 is 0 Å². The van der Waals surface area contributed by atoms with Crippen LogP contribution < -0.4 is 10.9 Å². The Morgan fingerprint density at radius 3 is 2.62 bits per heavy atom. The number of ether oxygens (including phenoxy) is 1. The maximum atomic E-state index is 12.3. The molecule has 0 atom stereocenters. The largest absolute Gasteiger partial charge is 0.375 e. The zero-order chi connectivity index (χ0) is 15.4. The molecule has 0 aromatic carbocycles. The molecule has 1 fully saturated rings. The van der Waals surface area contributed by atoms with Gasteiger partial charge >= 0.3 is 0 Å². The molecule has 0 aliphatic carbocycles. The lowest BCUT2D eigenvalue weighted by Crippen LogP contribution is -2.31. The minimum Gasteiger partial charge on any atom is -0.375 e. The van der Waals surface area contributed by atoms with Crippen LogP contribution in [-0.4, -0.2) is 48.1 Å². The van der Waals surface area contributed by atoms with Crippen LogP contribution in [0.5, 0.6) is 0 Å². The van der Waals surface area contributed by atoms with Crippen LogP contribution in [0.4, 0.5) is 5.69 Å². The quantitative estimate of drug-likeness (QED) is 0.860. The fraction of sp³-hybridized carbons (Fsp3) is 0.500. The van der Waals surface area contributed by atoms with Crippen LogP contribution in [0, 0.1) is 0 Å². The number of likely N-dealkylation sites (tertiary alicyclic amines) is 1. The van der Waals surface area contributed by atoms with E-state index in [0.29, 0.717) is 5.56 Å². The number of hydrogen-bond acceptors (Lipinski definition) is 4. The molecule has 2 rings (SSSR count). The molecule has 2 heterocycles. The highest BCUT2D eigenvalue weighted by Crippen LogP contribution is 2.14. The molecule has 21 heavy (non-hydrogen) atoms. The topological polar surface area (TPSA) is 80.6 Å². The van der Waals surface area contributed by atoms with E-state index in [2.05, 4.69) is 5.32 Å². The van der Waals surface area contributed by atoms with Crippen molar-refractivity contribution in [2.75, 3.05) is 32.1 Å². The smallest absolute Gasteiger partial charge is 0.274 e. The monoisotopic (exact) mass is 293 g/mol. The van der Waals surface area contributed by atoms with Gasteiger partial charge in [0.15, 0.2) is 0 Å². The SMILES string of the molecule is COCC(=O)Nc1cc(C(=O)N2CCCC2)cn(C)c1=O. The third-order valence-corrected chi connectivity index (χ3v) is 3.37. The van der Waals surface area contributed by atoms with Crippen molar-refractivity contribution in [3.8, 4) is 0 Å². The Bertz CT molecular complexity index is 603. The number of rotatable bonds is 4. The zero-order valence-corrected chi connectivity index (χ0v) is 12.2. The standard InChI is InChI=1S/C14H19N3O4/c1-16-8-10(13(19)17-5-3-4-6-17)7-11(14(16)20)15-12(18)9-21-2/h7-8H,3-6,9H2,1-2H3,(H,15,18). The predicted octanol–water partition coefficient (Wildman–Crippen LogP) is 0.206. The van der Waals surface area contributed by atoms with Gasteiger partial charge in [-0.25, -0.2) is 0 Å². The van der Waals surface area contributed by atoms with Gasteiger partial charge in [0.05, 0.1) is 5.56 Å². The summed E-state index contributed by atoms with van der Waals surface area (Å²) in [5.41, 5.74) is 0.119. The van der Waals surface area contributed by atoms with E-state index in [1.54, 1.807) is 11.9 Å². The summed E-state index contributed by atoms with van der Waals surface area (Å²) in [6, 6.07) is 1.43. The van der Waals surface area contributed by atoms with Crippen LogP contribution in [0.1, 0.15) is 23.2 Å². The molecule has 1 aliphatic rings. The van der Waals surface area contributed by atoms with Gasteiger partial charge in [-0.3, -0.25) is 14.4 Å². The van der Waals surface area contributed by atoms with E-state index in [9.17, 15) is 14.4 Å². The minimum atomic E-state index is -0.430. The number of hydrogen-bond donors (Lipinski definition) is 1. The van der Waals surface area contributed by atoms with Crippen molar-refractivity contribution in [3.05, 3.63) is 28.2 Å². The van der Waals surface area contributed by atoms with Gasteiger partial charge in [-0.05, 0) is 18.9 Å². The molecular weight excluding hydrogens is 274 g/mol. The van der Waals surface area contributed by atoms with E-state index >= 15 is 0 Å². The highest BCUT2D eigenvalue weighted by molar-refractivity contribution is 5.97. The number of carbonyl (C=O) groups excluding carboxylic acids is 2. The van der Waals surface area contributed by atoms with E-state index in [1.165, 1.54) is 23.9 Å². The van der Waals surface area contributed by atoms with Gasteiger partial charge in [0, 0.05) is 33.4 Å². The van der Waals surface area contributed by atoms with Crippen molar-refractivity contribution in [2.24, 2.45) is 7.05 Å². The summed E-state index contributed by atoms with van der Waals surface area (Å²) >= 11 is 0. The second-order valence-corrected chi connectivity index (χ2v) is 5.04. The van der Waals surface area contributed by atoms with Crippen molar-refractivity contribution in [1.82, 2.24) is 9.47 Å². The average molecular weight is 293 g/mol. The lowest BCUT2D eigenvalue weighted by Gasteiger charge is -2.16. The zero-order valence-electron chi connectivity index (χ0n) is 12.2. The van der Waals surface area contributed by atoms with E-state index in [0.717, 1.165) is 25.9 Å². The molecule has 1 saturated heterocycles. The maximum Gasteiger partial charge on any atom is 0.274 e. The molecule has 1 aliphatic heterocycles. The molecule has 114 valence electrons. The first-order valence-corrected chi connectivity index (χ1v) is 6.81. The van der Waals surface area contributed by atoms with Crippen molar-refractivity contribution in [2.45, 2.75) is 12.8 Å². The number of carbonyl (C=O) groups is 2. The molecule has 1 aromatic heterocycles. The Hall–Kier alpha value is -2.15. The predicted molar refractivity (Wildman–Crippen MR) is 77.3 cm³/mol. The van der Waals surface area contributed by atoms with Gasteiger partial charge in [-0.15, -0.1) is 0 Å². The number of nitrogens with zero attached hydrogens (tertiary/aromatic N) is 2. The Morgan fingerprint density at radius 1 is 1.33 bits per heavy atom. The van der Waals surface area contributed by atoms with Gasteiger partial charge in [0.1, 0.15) is 12.3 Å². The summed E-state index contributed by atoms with van der Waals surface area (Å²) in [6.07, 6.45) is 3.48. The van der Waals surface area contributed by atoms with Crippen LogP contribution in [0.15, 0.2) is 17.1 Å². The number of aryl methyl sites for hydroxylation is 1. The van der Waals surface area contributed by atoms with Crippen LogP contribution in [-0.2, 0) is 16.6 Å². The highest BCUT2D eigenvalue weighted by atomic mass is 16.5. The average Bonchev–Trinajstić information content (AvgIpc) is 2.97. The summed E-state index contributed by atoms with van der Waals surface area (Å²) < 4.78 is 6.01. The summed E-state index contributed by atoms with van der Waals surface area (Å²) in [6.45, 7) is 1.31. The molecule has 7 nitrogen and oxygen atoms in total. The summed E-state index contributed by atoms with van der Waals surface area (Å²) in [4.78, 5) is 37.6. The van der Waals surface area contributed by atoms with Crippen LogP contribution in [0.3, 0.4) is 0 Å². The molecule has 7 heteroatoms. The highest BCUT2D eigenvalue weighted by Gasteiger charge is 2.21. The van der Waals surface area contributed by atoms with E-state index in [4.69, 9.17) is 4.74 Å². The van der Waals surface area contributed by atoms with E-state index in [-0.39, 0.29) is 23.8 Å². The molecule has 0 saturated carbocycles. The molecule has 1 N–H and O–H groups in total. The molecule has 0 bridgehead atoms. The first-order chi connectivity index (χ1) is 10.0. The fourth-order valence-electron chi connectivity index (χ4n) is 2.34. The Balaban J connectivity index is 2.27. The van der Waals surface area contributed by atoms with Crippen molar-refractivity contribution >= 4 is 17.5 Å². The lowest BCUT2D eigenvalue weighted by atomic mass is 10.2. The molecule has 0 spiro atoms. The molecular formula is C14H19N3O4. The van der Waals surface area contributed by atoms with Crippen LogP contribution in [0.2, 0.25) is 0 Å². The normalized spacial score (nSPS) is 14.3. The molecule has 1 aromatic rings. The third kappa shape index (κ3) is 3.49. The minimum absolute atomic E-state index is 0.0876. The Morgan fingerprint density at radius 2 is 2.00 bits per heavy atom. The number of nitrogens with one attached hydrogen (secondary N) is 1. The van der Waals surface area contributed by atoms with Gasteiger partial charge < -0.3 is 19.5 Å². The summed E-state index contributed by atoms with van der Waals surface area (Å²) in [5, 5.41) is 2.47. The lowest BCUT2D eigenvalue weighted by molar-refractivity contribution is -0.119. The van der Waals surface area contributed by atoms with Gasteiger partial charge in [-0.1, -0.05) is 0 Å². The number of pyridine rings is 1. The molecule has 0 radical (unpaired) electrons. The number of aromatic nitrogens is 1.